The first-order valence-electron chi connectivity index (χ1n) is 5.98. The lowest BCUT2D eigenvalue weighted by Crippen LogP contribution is -2.30. The van der Waals surface area contributed by atoms with Crippen molar-refractivity contribution in [2.45, 2.75) is 33.1 Å². The van der Waals surface area contributed by atoms with E-state index in [0.717, 1.165) is 17.6 Å². The lowest BCUT2D eigenvalue weighted by atomic mass is 9.95. The maximum atomic E-state index is 4.47. The molecule has 1 aliphatic carbocycles. The first-order valence-corrected chi connectivity index (χ1v) is 6.62. The molecule has 1 atom stereocenters. The van der Waals surface area contributed by atoms with Crippen LogP contribution in [0.1, 0.15) is 33.1 Å². The highest BCUT2D eigenvalue weighted by Crippen LogP contribution is 2.47. The number of hydrogen-bond donors (Lipinski definition) is 1. The summed E-state index contributed by atoms with van der Waals surface area (Å²) in [6.07, 6.45) is 4.25. The summed E-state index contributed by atoms with van der Waals surface area (Å²) < 4.78 is 0. The van der Waals surface area contributed by atoms with Crippen LogP contribution in [-0.2, 0) is 0 Å². The highest BCUT2D eigenvalue weighted by molar-refractivity contribution is 7.80. The van der Waals surface area contributed by atoms with Crippen LogP contribution < -0.4 is 0 Å². The Hall–Kier alpha value is 0.310. The van der Waals surface area contributed by atoms with E-state index in [0.29, 0.717) is 5.41 Å². The molecule has 1 saturated carbocycles. The molecule has 0 radical (unpaired) electrons. The molecule has 0 aromatic carbocycles. The lowest BCUT2D eigenvalue weighted by molar-refractivity contribution is 0.258. The molecule has 82 valence electrons. The summed E-state index contributed by atoms with van der Waals surface area (Å²) in [6, 6.07) is 0. The van der Waals surface area contributed by atoms with Crippen LogP contribution in [0.3, 0.4) is 0 Å². The third-order valence-corrected chi connectivity index (χ3v) is 4.77. The van der Waals surface area contributed by atoms with Crippen molar-refractivity contribution in [3.05, 3.63) is 0 Å². The molecule has 2 heteroatoms. The molecule has 1 heterocycles. The predicted molar refractivity (Wildman–Crippen MR) is 64.9 cm³/mol. The standard InChI is InChI=1S/C12H23NS/c1-10(2)11-3-6-13(7-11)8-12(9-14)4-5-12/h10-11,14H,3-9H2,1-2H3. The van der Waals surface area contributed by atoms with E-state index in [4.69, 9.17) is 0 Å². The van der Waals surface area contributed by atoms with Crippen molar-refractivity contribution in [3.63, 3.8) is 0 Å². The number of hydrogen-bond acceptors (Lipinski definition) is 2. The van der Waals surface area contributed by atoms with E-state index in [2.05, 4.69) is 31.4 Å². The highest BCUT2D eigenvalue weighted by atomic mass is 32.1. The molecule has 1 saturated heterocycles. The fourth-order valence-corrected chi connectivity index (χ4v) is 2.98. The van der Waals surface area contributed by atoms with Gasteiger partial charge >= 0.3 is 0 Å². The highest BCUT2D eigenvalue weighted by Gasteiger charge is 2.43. The molecule has 1 unspecified atom stereocenters. The van der Waals surface area contributed by atoms with Crippen molar-refractivity contribution in [2.24, 2.45) is 17.3 Å². The van der Waals surface area contributed by atoms with Gasteiger partial charge in [-0.1, -0.05) is 13.8 Å². The minimum Gasteiger partial charge on any atom is -0.302 e. The molecule has 2 fully saturated rings. The summed E-state index contributed by atoms with van der Waals surface area (Å²) in [5.74, 6) is 2.91. The van der Waals surface area contributed by atoms with Gasteiger partial charge in [0.25, 0.3) is 0 Å². The summed E-state index contributed by atoms with van der Waals surface area (Å²) in [4.78, 5) is 2.67. The number of rotatable bonds is 4. The Bertz CT molecular complexity index is 198. The monoisotopic (exact) mass is 213 g/mol. The van der Waals surface area contributed by atoms with E-state index in [-0.39, 0.29) is 0 Å². The second kappa shape index (κ2) is 4.05. The molecule has 0 N–H and O–H groups in total. The Kier molecular flexibility index (Phi) is 3.13. The van der Waals surface area contributed by atoms with Crippen LogP contribution in [0.15, 0.2) is 0 Å². The van der Waals surface area contributed by atoms with Crippen LogP contribution >= 0.6 is 12.6 Å². The van der Waals surface area contributed by atoms with Gasteiger partial charge in [0.05, 0.1) is 0 Å². The largest absolute Gasteiger partial charge is 0.302 e. The minimum absolute atomic E-state index is 0.620. The first-order chi connectivity index (χ1) is 6.65. The zero-order valence-corrected chi connectivity index (χ0v) is 10.4. The fraction of sp³-hybridized carbons (Fsp3) is 1.00. The second-order valence-electron chi connectivity index (χ2n) is 5.69. The van der Waals surface area contributed by atoms with Gasteiger partial charge in [-0.25, -0.2) is 0 Å². The Morgan fingerprint density at radius 1 is 1.43 bits per heavy atom. The summed E-state index contributed by atoms with van der Waals surface area (Å²) >= 11 is 4.47. The molecule has 1 nitrogen and oxygen atoms in total. The van der Waals surface area contributed by atoms with Crippen molar-refractivity contribution < 1.29 is 0 Å². The SMILES string of the molecule is CC(C)C1CCN(CC2(CS)CC2)C1. The summed E-state index contributed by atoms with van der Waals surface area (Å²) in [5.41, 5.74) is 0.620. The van der Waals surface area contributed by atoms with E-state index in [1.54, 1.807) is 0 Å². The molecular weight excluding hydrogens is 190 g/mol. The average molecular weight is 213 g/mol. The van der Waals surface area contributed by atoms with Crippen molar-refractivity contribution in [1.29, 1.82) is 0 Å². The molecular formula is C12H23NS. The van der Waals surface area contributed by atoms with Crippen LogP contribution in [0.25, 0.3) is 0 Å². The fourth-order valence-electron chi connectivity index (χ4n) is 2.57. The molecule has 0 amide bonds. The molecule has 0 aromatic rings. The Balaban J connectivity index is 1.79. The zero-order chi connectivity index (χ0) is 10.2. The topological polar surface area (TPSA) is 3.24 Å². The van der Waals surface area contributed by atoms with E-state index in [9.17, 15) is 0 Å². The van der Waals surface area contributed by atoms with Crippen molar-refractivity contribution >= 4 is 12.6 Å². The second-order valence-corrected chi connectivity index (χ2v) is 6.00. The molecule has 2 aliphatic rings. The van der Waals surface area contributed by atoms with Gasteiger partial charge in [0.1, 0.15) is 0 Å². The minimum atomic E-state index is 0.620. The van der Waals surface area contributed by atoms with Gasteiger partial charge in [0.2, 0.25) is 0 Å². The van der Waals surface area contributed by atoms with Crippen LogP contribution in [0.2, 0.25) is 0 Å². The van der Waals surface area contributed by atoms with Gasteiger partial charge in [-0.3, -0.25) is 0 Å². The average Bonchev–Trinajstić information content (AvgIpc) is 2.75. The number of nitrogens with zero attached hydrogens (tertiary/aromatic N) is 1. The van der Waals surface area contributed by atoms with Crippen LogP contribution in [0.4, 0.5) is 0 Å². The smallest absolute Gasteiger partial charge is 0.00459 e. The molecule has 2 rings (SSSR count). The Morgan fingerprint density at radius 3 is 2.57 bits per heavy atom. The van der Waals surface area contributed by atoms with E-state index < -0.39 is 0 Å². The zero-order valence-electron chi connectivity index (χ0n) is 9.50. The summed E-state index contributed by atoms with van der Waals surface area (Å²) in [7, 11) is 0. The van der Waals surface area contributed by atoms with Crippen LogP contribution in [0.5, 0.6) is 0 Å². The van der Waals surface area contributed by atoms with Gasteiger partial charge in [0, 0.05) is 13.1 Å². The van der Waals surface area contributed by atoms with Crippen LogP contribution in [0, 0.1) is 17.3 Å². The van der Waals surface area contributed by atoms with Gasteiger partial charge in [0.15, 0.2) is 0 Å². The molecule has 0 aromatic heterocycles. The Labute approximate surface area is 93.7 Å². The summed E-state index contributed by atoms with van der Waals surface area (Å²) in [5, 5.41) is 0. The van der Waals surface area contributed by atoms with Gasteiger partial charge in [-0.15, -0.1) is 0 Å². The third kappa shape index (κ3) is 2.27. The molecule has 1 aliphatic heterocycles. The first kappa shape index (κ1) is 10.8. The molecule has 14 heavy (non-hydrogen) atoms. The maximum Gasteiger partial charge on any atom is 0.00459 e. The normalized spacial score (nSPS) is 31.3. The van der Waals surface area contributed by atoms with E-state index in [1.807, 2.05) is 0 Å². The van der Waals surface area contributed by atoms with Gasteiger partial charge < -0.3 is 4.90 Å². The maximum absolute atomic E-state index is 4.47. The van der Waals surface area contributed by atoms with Gasteiger partial charge in [-0.2, -0.15) is 12.6 Å². The molecule has 0 bridgehead atoms. The van der Waals surface area contributed by atoms with Crippen molar-refractivity contribution in [3.8, 4) is 0 Å². The Morgan fingerprint density at radius 2 is 2.14 bits per heavy atom. The van der Waals surface area contributed by atoms with E-state index >= 15 is 0 Å². The summed E-state index contributed by atoms with van der Waals surface area (Å²) in [6.45, 7) is 8.71. The van der Waals surface area contributed by atoms with Crippen molar-refractivity contribution in [1.82, 2.24) is 4.90 Å². The van der Waals surface area contributed by atoms with Crippen molar-refractivity contribution in [2.75, 3.05) is 25.4 Å². The third-order valence-electron chi connectivity index (χ3n) is 4.10. The predicted octanol–water partition coefficient (Wildman–Crippen LogP) is 2.67. The number of likely N-dealkylation sites (tertiary alicyclic amines) is 1. The van der Waals surface area contributed by atoms with E-state index in [1.165, 1.54) is 38.9 Å². The lowest BCUT2D eigenvalue weighted by Gasteiger charge is -2.22. The quantitative estimate of drug-likeness (QED) is 0.703. The van der Waals surface area contributed by atoms with Crippen LogP contribution in [-0.4, -0.2) is 30.3 Å². The number of thiol groups is 1. The molecule has 0 spiro atoms. The van der Waals surface area contributed by atoms with Gasteiger partial charge in [-0.05, 0) is 48.8 Å².